The lowest BCUT2D eigenvalue weighted by atomic mass is 9.99. The van der Waals surface area contributed by atoms with E-state index in [9.17, 15) is 9.59 Å². The molecule has 5 heteroatoms. The van der Waals surface area contributed by atoms with Gasteiger partial charge in [0.1, 0.15) is 0 Å². The van der Waals surface area contributed by atoms with E-state index in [2.05, 4.69) is 10.6 Å². The number of carboxylic acid groups (broad SMARTS) is 1. The third-order valence-electron chi connectivity index (χ3n) is 2.30. The first-order valence-electron chi connectivity index (χ1n) is 5.44. The van der Waals surface area contributed by atoms with Crippen molar-refractivity contribution in [2.75, 3.05) is 13.1 Å². The number of urea groups is 1. The minimum atomic E-state index is -0.951. The third-order valence-corrected chi connectivity index (χ3v) is 2.30. The van der Waals surface area contributed by atoms with Crippen LogP contribution in [0, 0.1) is 0 Å². The maximum absolute atomic E-state index is 11.2. The van der Waals surface area contributed by atoms with Crippen LogP contribution >= 0.6 is 0 Å². The second-order valence-corrected chi connectivity index (χ2v) is 3.54. The monoisotopic (exact) mass is 236 g/mol. The molecule has 0 heterocycles. The molecule has 0 aliphatic rings. The summed E-state index contributed by atoms with van der Waals surface area (Å²) in [5.41, 5.74) is 0.678. The highest BCUT2D eigenvalue weighted by molar-refractivity contribution is 5.79. The van der Waals surface area contributed by atoms with Gasteiger partial charge in [-0.1, -0.05) is 30.3 Å². The third kappa shape index (κ3) is 4.14. The van der Waals surface area contributed by atoms with Gasteiger partial charge in [0, 0.05) is 13.1 Å². The maximum atomic E-state index is 11.2. The van der Waals surface area contributed by atoms with Crippen molar-refractivity contribution in [3.8, 4) is 0 Å². The largest absolute Gasteiger partial charge is 0.481 e. The Kier molecular flexibility index (Phi) is 5.00. The van der Waals surface area contributed by atoms with Crippen LogP contribution in [-0.2, 0) is 4.79 Å². The van der Waals surface area contributed by atoms with Crippen molar-refractivity contribution in [2.45, 2.75) is 12.8 Å². The Balaban J connectivity index is 2.62. The van der Waals surface area contributed by atoms with Crippen molar-refractivity contribution >= 4 is 12.0 Å². The lowest BCUT2D eigenvalue weighted by Gasteiger charge is -2.13. The number of rotatable bonds is 5. The van der Waals surface area contributed by atoms with Crippen molar-refractivity contribution in [1.29, 1.82) is 0 Å². The van der Waals surface area contributed by atoms with Gasteiger partial charge in [-0.25, -0.2) is 4.79 Å². The zero-order chi connectivity index (χ0) is 12.7. The van der Waals surface area contributed by atoms with Crippen LogP contribution in [0.25, 0.3) is 0 Å². The molecule has 92 valence electrons. The number of carboxylic acids is 1. The van der Waals surface area contributed by atoms with Crippen LogP contribution in [0.4, 0.5) is 4.79 Å². The van der Waals surface area contributed by atoms with E-state index in [0.717, 1.165) is 0 Å². The van der Waals surface area contributed by atoms with E-state index < -0.39 is 11.9 Å². The van der Waals surface area contributed by atoms with Gasteiger partial charge in [0.15, 0.2) is 0 Å². The van der Waals surface area contributed by atoms with Crippen LogP contribution in [0.2, 0.25) is 0 Å². The molecule has 1 aromatic carbocycles. The Hall–Kier alpha value is -2.04. The molecule has 0 aliphatic heterocycles. The molecule has 3 N–H and O–H groups in total. The fourth-order valence-electron chi connectivity index (χ4n) is 1.45. The Labute approximate surface area is 99.8 Å². The van der Waals surface area contributed by atoms with E-state index in [0.29, 0.717) is 12.1 Å². The highest BCUT2D eigenvalue weighted by Gasteiger charge is 2.19. The predicted molar refractivity (Wildman–Crippen MR) is 63.9 cm³/mol. The zero-order valence-corrected chi connectivity index (χ0v) is 9.64. The van der Waals surface area contributed by atoms with E-state index >= 15 is 0 Å². The number of carbonyl (C=O) groups is 2. The average molecular weight is 236 g/mol. The highest BCUT2D eigenvalue weighted by Crippen LogP contribution is 2.14. The van der Waals surface area contributed by atoms with Gasteiger partial charge in [0.05, 0.1) is 5.92 Å². The molecule has 0 aromatic heterocycles. The molecular weight excluding hydrogens is 220 g/mol. The van der Waals surface area contributed by atoms with E-state index in [1.165, 1.54) is 0 Å². The predicted octanol–water partition coefficient (Wildman–Crippen LogP) is 1.17. The molecule has 1 rings (SSSR count). The van der Waals surface area contributed by atoms with Gasteiger partial charge in [-0.2, -0.15) is 0 Å². The summed E-state index contributed by atoms with van der Waals surface area (Å²) < 4.78 is 0. The number of benzene rings is 1. The summed E-state index contributed by atoms with van der Waals surface area (Å²) in [6, 6.07) is 8.49. The number of hydrogen-bond acceptors (Lipinski definition) is 2. The quantitative estimate of drug-likeness (QED) is 0.718. The standard InChI is InChI=1S/C12H16N2O3/c1-2-13-12(17)14-8-10(11(15)16)9-6-4-3-5-7-9/h3-7,10H,2,8H2,1H3,(H,15,16)(H2,13,14,17). The number of aliphatic carboxylic acids is 1. The van der Waals surface area contributed by atoms with Crippen LogP contribution in [0.1, 0.15) is 18.4 Å². The molecule has 0 spiro atoms. The minimum absolute atomic E-state index is 0.0746. The van der Waals surface area contributed by atoms with E-state index in [1.54, 1.807) is 31.2 Å². The fourth-order valence-corrected chi connectivity index (χ4v) is 1.45. The molecule has 2 amide bonds. The molecule has 17 heavy (non-hydrogen) atoms. The summed E-state index contributed by atoms with van der Waals surface area (Å²) >= 11 is 0. The van der Waals surface area contributed by atoms with Gasteiger partial charge >= 0.3 is 12.0 Å². The molecular formula is C12H16N2O3. The van der Waals surface area contributed by atoms with Crippen LogP contribution in [0.5, 0.6) is 0 Å². The van der Waals surface area contributed by atoms with Gasteiger partial charge in [-0.3, -0.25) is 4.79 Å². The normalized spacial score (nSPS) is 11.6. The Morgan fingerprint density at radius 2 is 1.88 bits per heavy atom. The van der Waals surface area contributed by atoms with Gasteiger partial charge < -0.3 is 15.7 Å². The summed E-state index contributed by atoms with van der Waals surface area (Å²) in [5, 5.41) is 14.2. The molecule has 0 fully saturated rings. The molecule has 0 saturated heterocycles. The highest BCUT2D eigenvalue weighted by atomic mass is 16.4. The maximum Gasteiger partial charge on any atom is 0.314 e. The first-order chi connectivity index (χ1) is 8.15. The van der Waals surface area contributed by atoms with E-state index in [1.807, 2.05) is 6.07 Å². The summed E-state index contributed by atoms with van der Waals surface area (Å²) in [5.74, 6) is -1.67. The second-order valence-electron chi connectivity index (χ2n) is 3.54. The summed E-state index contributed by atoms with van der Waals surface area (Å²) in [6.07, 6.45) is 0. The molecule has 5 nitrogen and oxygen atoms in total. The molecule has 1 unspecified atom stereocenters. The van der Waals surface area contributed by atoms with Crippen LogP contribution in [0.3, 0.4) is 0 Å². The average Bonchev–Trinajstić information content (AvgIpc) is 2.30. The SMILES string of the molecule is CCNC(=O)NCC(C(=O)O)c1ccccc1. The van der Waals surface area contributed by atoms with Gasteiger partial charge in [-0.05, 0) is 12.5 Å². The number of carbonyl (C=O) groups excluding carboxylic acids is 1. The second kappa shape index (κ2) is 6.52. The van der Waals surface area contributed by atoms with Gasteiger partial charge in [-0.15, -0.1) is 0 Å². The van der Waals surface area contributed by atoms with Gasteiger partial charge in [0.2, 0.25) is 0 Å². The summed E-state index contributed by atoms with van der Waals surface area (Å²) in [4.78, 5) is 22.3. The molecule has 0 bridgehead atoms. The van der Waals surface area contributed by atoms with Crippen LogP contribution in [-0.4, -0.2) is 30.2 Å². The van der Waals surface area contributed by atoms with E-state index in [-0.39, 0.29) is 12.6 Å². The van der Waals surface area contributed by atoms with Crippen molar-refractivity contribution in [3.63, 3.8) is 0 Å². The molecule has 0 radical (unpaired) electrons. The topological polar surface area (TPSA) is 78.4 Å². The number of hydrogen-bond donors (Lipinski definition) is 3. The van der Waals surface area contributed by atoms with E-state index in [4.69, 9.17) is 5.11 Å². The zero-order valence-electron chi connectivity index (χ0n) is 9.64. The summed E-state index contributed by atoms with van der Waals surface area (Å²) in [7, 11) is 0. The summed E-state index contributed by atoms with van der Waals surface area (Å²) in [6.45, 7) is 2.38. The lowest BCUT2D eigenvalue weighted by Crippen LogP contribution is -2.39. The lowest BCUT2D eigenvalue weighted by molar-refractivity contribution is -0.138. The van der Waals surface area contributed by atoms with Gasteiger partial charge in [0.25, 0.3) is 0 Å². The Bertz CT molecular complexity index is 379. The minimum Gasteiger partial charge on any atom is -0.481 e. The Morgan fingerprint density at radius 3 is 2.41 bits per heavy atom. The van der Waals surface area contributed by atoms with Crippen LogP contribution < -0.4 is 10.6 Å². The first kappa shape index (κ1) is 13.0. The van der Waals surface area contributed by atoms with Crippen molar-refractivity contribution in [2.24, 2.45) is 0 Å². The Morgan fingerprint density at radius 1 is 1.24 bits per heavy atom. The van der Waals surface area contributed by atoms with Crippen molar-refractivity contribution < 1.29 is 14.7 Å². The molecule has 0 aliphatic carbocycles. The molecule has 1 aromatic rings. The number of amides is 2. The van der Waals surface area contributed by atoms with Crippen molar-refractivity contribution in [1.82, 2.24) is 10.6 Å². The molecule has 0 saturated carbocycles. The smallest absolute Gasteiger partial charge is 0.314 e. The number of nitrogens with one attached hydrogen (secondary N) is 2. The molecule has 1 atom stereocenters. The van der Waals surface area contributed by atoms with Crippen molar-refractivity contribution in [3.05, 3.63) is 35.9 Å². The first-order valence-corrected chi connectivity index (χ1v) is 5.44. The van der Waals surface area contributed by atoms with Crippen LogP contribution in [0.15, 0.2) is 30.3 Å². The fraction of sp³-hybridized carbons (Fsp3) is 0.333.